The monoisotopic (exact) mass is 191 g/mol. The third-order valence-corrected chi connectivity index (χ3v) is 3.79. The highest BCUT2D eigenvalue weighted by molar-refractivity contribution is 5.15. The Kier molecular flexibility index (Phi) is 1.91. The van der Waals surface area contributed by atoms with Gasteiger partial charge in [0.2, 0.25) is 0 Å². The number of nitrogens with one attached hydrogen (secondary N) is 1. The molecule has 0 saturated heterocycles. The van der Waals surface area contributed by atoms with Crippen molar-refractivity contribution in [2.75, 3.05) is 0 Å². The minimum absolute atomic E-state index is 0.771. The van der Waals surface area contributed by atoms with Gasteiger partial charge in [0, 0.05) is 18.2 Å². The Balaban J connectivity index is 1.52. The largest absolute Gasteiger partial charge is 0.469 e. The van der Waals surface area contributed by atoms with Crippen LogP contribution in [0.5, 0.6) is 0 Å². The van der Waals surface area contributed by atoms with Crippen molar-refractivity contribution in [2.45, 2.75) is 38.8 Å². The van der Waals surface area contributed by atoms with Crippen molar-refractivity contribution in [2.24, 2.45) is 11.8 Å². The smallest absolute Gasteiger partial charge is 0.105 e. The summed E-state index contributed by atoms with van der Waals surface area (Å²) in [4.78, 5) is 0. The summed E-state index contributed by atoms with van der Waals surface area (Å²) in [5, 5.41) is 3.63. The maximum atomic E-state index is 5.27. The molecule has 0 amide bonds. The van der Waals surface area contributed by atoms with Gasteiger partial charge in [0.15, 0.2) is 0 Å². The Labute approximate surface area is 84.7 Å². The minimum Gasteiger partial charge on any atom is -0.469 e. The van der Waals surface area contributed by atoms with Gasteiger partial charge in [-0.15, -0.1) is 0 Å². The zero-order chi connectivity index (χ0) is 9.54. The molecule has 14 heavy (non-hydrogen) atoms. The predicted octanol–water partition coefficient (Wildman–Crippen LogP) is 2.48. The van der Waals surface area contributed by atoms with Crippen molar-refractivity contribution in [1.29, 1.82) is 0 Å². The zero-order valence-electron chi connectivity index (χ0n) is 8.62. The summed E-state index contributed by atoms with van der Waals surface area (Å²) in [6.45, 7) is 3.01. The Morgan fingerprint density at radius 2 is 2.14 bits per heavy atom. The van der Waals surface area contributed by atoms with Crippen LogP contribution in [-0.2, 0) is 6.54 Å². The fraction of sp³-hybridized carbons (Fsp3) is 0.667. The van der Waals surface area contributed by atoms with Crippen LogP contribution in [0, 0.1) is 18.8 Å². The summed E-state index contributed by atoms with van der Waals surface area (Å²) < 4.78 is 5.27. The lowest BCUT2D eigenvalue weighted by molar-refractivity contribution is 0.473. The Morgan fingerprint density at radius 3 is 2.79 bits per heavy atom. The molecule has 1 aromatic heterocycles. The first-order valence-electron chi connectivity index (χ1n) is 5.59. The van der Waals surface area contributed by atoms with E-state index in [4.69, 9.17) is 4.42 Å². The molecule has 2 fully saturated rings. The van der Waals surface area contributed by atoms with Crippen LogP contribution in [-0.4, -0.2) is 6.04 Å². The standard InChI is InChI=1S/C12H17NO/c1-8-9(2-3-14-8)7-13-12-5-10-4-11(10)6-12/h2-3,10-13H,4-7H2,1H3. The highest BCUT2D eigenvalue weighted by atomic mass is 16.3. The first-order valence-corrected chi connectivity index (χ1v) is 5.59. The summed E-state index contributed by atoms with van der Waals surface area (Å²) in [6, 6.07) is 2.84. The lowest BCUT2D eigenvalue weighted by atomic mass is 10.1. The molecule has 2 atom stereocenters. The van der Waals surface area contributed by atoms with E-state index in [0.29, 0.717) is 0 Å². The molecule has 2 saturated carbocycles. The van der Waals surface area contributed by atoms with Crippen molar-refractivity contribution < 1.29 is 4.42 Å². The van der Waals surface area contributed by atoms with Gasteiger partial charge in [0.25, 0.3) is 0 Å². The molecule has 2 aliphatic rings. The molecule has 0 spiro atoms. The summed E-state index contributed by atoms with van der Waals surface area (Å²) in [7, 11) is 0. The molecule has 0 aromatic carbocycles. The maximum absolute atomic E-state index is 5.27. The van der Waals surface area contributed by atoms with Gasteiger partial charge in [-0.05, 0) is 44.1 Å². The summed E-state index contributed by atoms with van der Waals surface area (Å²) in [5.74, 6) is 3.19. The number of aryl methyl sites for hydroxylation is 1. The molecule has 3 rings (SSSR count). The number of furan rings is 1. The minimum atomic E-state index is 0.771. The van der Waals surface area contributed by atoms with Crippen molar-refractivity contribution >= 4 is 0 Å². The molecule has 2 nitrogen and oxygen atoms in total. The highest BCUT2D eigenvalue weighted by Crippen LogP contribution is 2.51. The van der Waals surface area contributed by atoms with Gasteiger partial charge in [-0.2, -0.15) is 0 Å². The van der Waals surface area contributed by atoms with Crippen LogP contribution in [0.2, 0.25) is 0 Å². The van der Waals surface area contributed by atoms with Gasteiger partial charge in [0.1, 0.15) is 5.76 Å². The molecular weight excluding hydrogens is 174 g/mol. The molecule has 2 heteroatoms. The second-order valence-corrected chi connectivity index (χ2v) is 4.81. The van der Waals surface area contributed by atoms with Gasteiger partial charge in [-0.25, -0.2) is 0 Å². The average Bonchev–Trinajstić information content (AvgIpc) is 2.61. The number of fused-ring (bicyclic) bond motifs is 1. The van der Waals surface area contributed by atoms with Gasteiger partial charge >= 0.3 is 0 Å². The molecule has 0 radical (unpaired) electrons. The molecule has 1 aromatic rings. The summed E-state index contributed by atoms with van der Waals surface area (Å²) >= 11 is 0. The SMILES string of the molecule is Cc1occc1CNC1CC2CC2C1. The van der Waals surface area contributed by atoms with Crippen LogP contribution >= 0.6 is 0 Å². The van der Waals surface area contributed by atoms with Crippen molar-refractivity contribution in [3.63, 3.8) is 0 Å². The van der Waals surface area contributed by atoms with E-state index in [2.05, 4.69) is 11.4 Å². The van der Waals surface area contributed by atoms with Crippen LogP contribution in [0.3, 0.4) is 0 Å². The molecule has 2 aliphatic carbocycles. The quantitative estimate of drug-likeness (QED) is 0.794. The van der Waals surface area contributed by atoms with Crippen LogP contribution < -0.4 is 5.32 Å². The fourth-order valence-electron chi connectivity index (χ4n) is 2.73. The molecule has 0 aliphatic heterocycles. The summed E-state index contributed by atoms with van der Waals surface area (Å²) in [6.07, 6.45) is 6.09. The van der Waals surface area contributed by atoms with Crippen molar-refractivity contribution in [3.8, 4) is 0 Å². The average molecular weight is 191 g/mol. The first-order chi connectivity index (χ1) is 6.83. The molecule has 1 N–H and O–H groups in total. The lowest BCUT2D eigenvalue weighted by Crippen LogP contribution is -2.26. The number of rotatable bonds is 3. The molecule has 1 heterocycles. The van der Waals surface area contributed by atoms with Gasteiger partial charge in [0.05, 0.1) is 6.26 Å². The molecule has 0 bridgehead atoms. The second kappa shape index (κ2) is 3.13. The third kappa shape index (κ3) is 1.48. The van der Waals surface area contributed by atoms with Gasteiger partial charge in [-0.3, -0.25) is 0 Å². The fourth-order valence-corrected chi connectivity index (χ4v) is 2.73. The molecule has 76 valence electrons. The van der Waals surface area contributed by atoms with Crippen LogP contribution in [0.25, 0.3) is 0 Å². The van der Waals surface area contributed by atoms with Gasteiger partial charge < -0.3 is 9.73 Å². The Hall–Kier alpha value is -0.760. The summed E-state index contributed by atoms with van der Waals surface area (Å²) in [5.41, 5.74) is 1.31. The maximum Gasteiger partial charge on any atom is 0.105 e. The zero-order valence-corrected chi connectivity index (χ0v) is 8.62. The highest BCUT2D eigenvalue weighted by Gasteiger charge is 2.45. The van der Waals surface area contributed by atoms with E-state index in [0.717, 1.165) is 30.2 Å². The van der Waals surface area contributed by atoms with E-state index in [-0.39, 0.29) is 0 Å². The van der Waals surface area contributed by atoms with E-state index >= 15 is 0 Å². The van der Waals surface area contributed by atoms with E-state index in [1.807, 2.05) is 6.92 Å². The van der Waals surface area contributed by atoms with E-state index < -0.39 is 0 Å². The van der Waals surface area contributed by atoms with Crippen LogP contribution in [0.1, 0.15) is 30.6 Å². The number of hydrogen-bond acceptors (Lipinski definition) is 2. The second-order valence-electron chi connectivity index (χ2n) is 4.81. The van der Waals surface area contributed by atoms with E-state index in [1.54, 1.807) is 6.26 Å². The molecule has 2 unspecified atom stereocenters. The van der Waals surface area contributed by atoms with Crippen molar-refractivity contribution in [1.82, 2.24) is 5.32 Å². The van der Waals surface area contributed by atoms with E-state index in [9.17, 15) is 0 Å². The third-order valence-electron chi connectivity index (χ3n) is 3.79. The topological polar surface area (TPSA) is 25.2 Å². The molecular formula is C12H17NO. The van der Waals surface area contributed by atoms with Crippen LogP contribution in [0.15, 0.2) is 16.7 Å². The predicted molar refractivity (Wildman–Crippen MR) is 54.9 cm³/mol. The number of hydrogen-bond donors (Lipinski definition) is 1. The van der Waals surface area contributed by atoms with Crippen LogP contribution in [0.4, 0.5) is 0 Å². The Bertz CT molecular complexity index is 321. The van der Waals surface area contributed by atoms with Crippen molar-refractivity contribution in [3.05, 3.63) is 23.7 Å². The normalized spacial score (nSPS) is 34.5. The first kappa shape index (κ1) is 8.54. The van der Waals surface area contributed by atoms with E-state index in [1.165, 1.54) is 24.8 Å². The van der Waals surface area contributed by atoms with Gasteiger partial charge in [-0.1, -0.05) is 0 Å². The lowest BCUT2D eigenvalue weighted by Gasteiger charge is -2.13. The Morgan fingerprint density at radius 1 is 1.36 bits per heavy atom.